The maximum absolute atomic E-state index is 5.71. The topological polar surface area (TPSA) is 64.6 Å². The Morgan fingerprint density at radius 1 is 0.145 bits per heavy atom. The molecule has 0 rings (SSSR count). The number of unbranched alkanes of at least 4 members (excludes halogenated alkanes) is 30. The molecule has 0 aromatic heterocycles. The molecule has 0 N–H and O–H groups in total. The van der Waals surface area contributed by atoms with Crippen LogP contribution >= 0.6 is 0 Å². The first-order valence-corrected chi connectivity index (χ1v) is 24.5. The van der Waals surface area contributed by atoms with Gasteiger partial charge in [-0.15, -0.1) is 0 Å². The van der Waals surface area contributed by atoms with E-state index in [-0.39, 0.29) is 0 Å². The van der Waals surface area contributed by atoms with Gasteiger partial charge in [0.2, 0.25) is 0 Å². The van der Waals surface area contributed by atoms with Gasteiger partial charge in [-0.1, -0.05) is 206 Å². The van der Waals surface area contributed by atoms with E-state index in [9.17, 15) is 0 Å². The minimum Gasteiger partial charge on any atom is -0.379 e. The Kier molecular flexibility index (Phi) is 53.4. The Morgan fingerprint density at radius 3 is 0.436 bits per heavy atom. The molecule has 7 nitrogen and oxygen atoms in total. The molecular weight excluding hydrogens is 689 g/mol. The molecule has 0 amide bonds. The summed E-state index contributed by atoms with van der Waals surface area (Å²) in [4.78, 5) is 0. The summed E-state index contributed by atoms with van der Waals surface area (Å²) in [5.74, 6) is 0. The van der Waals surface area contributed by atoms with Crippen molar-refractivity contribution in [2.45, 2.75) is 219 Å². The zero-order valence-electron chi connectivity index (χ0n) is 37.4. The van der Waals surface area contributed by atoms with E-state index in [0.717, 1.165) is 26.1 Å². The number of ether oxygens (including phenoxy) is 7. The molecule has 0 saturated heterocycles. The fraction of sp³-hybridized carbons (Fsp3) is 1.00. The summed E-state index contributed by atoms with van der Waals surface area (Å²) < 4.78 is 39.3. The van der Waals surface area contributed by atoms with Crippen molar-refractivity contribution in [2.24, 2.45) is 0 Å². The average molecular weight is 787 g/mol. The van der Waals surface area contributed by atoms with E-state index in [1.165, 1.54) is 193 Å². The molecule has 0 saturated carbocycles. The second-order valence-electron chi connectivity index (χ2n) is 15.9. The minimum absolute atomic E-state index is 0.568. The van der Waals surface area contributed by atoms with Crippen LogP contribution < -0.4 is 0 Å². The molecule has 0 fully saturated rings. The molecule has 0 atom stereocenters. The van der Waals surface area contributed by atoms with Crippen LogP contribution in [0.1, 0.15) is 219 Å². The van der Waals surface area contributed by atoms with Crippen LogP contribution in [-0.2, 0) is 33.2 Å². The van der Waals surface area contributed by atoms with E-state index in [1.54, 1.807) is 0 Å². The molecule has 0 aromatic rings. The zero-order chi connectivity index (χ0) is 39.5. The molecule has 0 unspecified atom stereocenters. The summed E-state index contributed by atoms with van der Waals surface area (Å²) >= 11 is 0. The first kappa shape index (κ1) is 54.7. The van der Waals surface area contributed by atoms with Gasteiger partial charge in [0.05, 0.1) is 79.3 Å². The van der Waals surface area contributed by atoms with Crippen molar-refractivity contribution >= 4 is 0 Å². The third-order valence-electron chi connectivity index (χ3n) is 10.5. The molecule has 0 aliphatic heterocycles. The Morgan fingerprint density at radius 2 is 0.273 bits per heavy atom. The van der Waals surface area contributed by atoms with Crippen LogP contribution in [0.5, 0.6) is 0 Å². The van der Waals surface area contributed by atoms with Crippen LogP contribution in [0, 0.1) is 0 Å². The van der Waals surface area contributed by atoms with Gasteiger partial charge >= 0.3 is 0 Å². The number of hydrogen-bond donors (Lipinski definition) is 0. The Balaban J connectivity index is 3.05. The molecule has 0 aromatic carbocycles. The highest BCUT2D eigenvalue weighted by atomic mass is 16.6. The summed E-state index contributed by atoms with van der Waals surface area (Å²) in [6.07, 6.45) is 44.7. The fourth-order valence-electron chi connectivity index (χ4n) is 6.93. The van der Waals surface area contributed by atoms with Crippen LogP contribution in [0.25, 0.3) is 0 Å². The van der Waals surface area contributed by atoms with Crippen LogP contribution in [-0.4, -0.2) is 92.5 Å². The van der Waals surface area contributed by atoms with Crippen molar-refractivity contribution in [3.05, 3.63) is 0 Å². The van der Waals surface area contributed by atoms with Gasteiger partial charge in [0, 0.05) is 13.2 Å². The van der Waals surface area contributed by atoms with Crippen molar-refractivity contribution in [3.8, 4) is 0 Å². The molecule has 0 aliphatic carbocycles. The van der Waals surface area contributed by atoms with E-state index in [0.29, 0.717) is 79.3 Å². The van der Waals surface area contributed by atoms with E-state index in [1.807, 2.05) is 0 Å². The molecule has 332 valence electrons. The van der Waals surface area contributed by atoms with Gasteiger partial charge < -0.3 is 33.2 Å². The highest BCUT2D eigenvalue weighted by Gasteiger charge is 1.99. The Bertz CT molecular complexity index is 585. The van der Waals surface area contributed by atoms with Gasteiger partial charge in [-0.2, -0.15) is 0 Å². The van der Waals surface area contributed by atoms with Gasteiger partial charge in [0.1, 0.15) is 0 Å². The smallest absolute Gasteiger partial charge is 0.0701 e. The lowest BCUT2D eigenvalue weighted by atomic mass is 10.0. The van der Waals surface area contributed by atoms with Crippen molar-refractivity contribution in [3.63, 3.8) is 0 Å². The zero-order valence-corrected chi connectivity index (χ0v) is 37.4. The van der Waals surface area contributed by atoms with E-state index < -0.39 is 0 Å². The van der Waals surface area contributed by atoms with Gasteiger partial charge in [-0.25, -0.2) is 0 Å². The normalized spacial score (nSPS) is 11.7. The largest absolute Gasteiger partial charge is 0.379 e. The Hall–Kier alpha value is -0.280. The maximum atomic E-state index is 5.71. The summed E-state index contributed by atoms with van der Waals surface area (Å²) in [5, 5.41) is 0. The number of hydrogen-bond acceptors (Lipinski definition) is 7. The summed E-state index contributed by atoms with van der Waals surface area (Å²) in [6.45, 7) is 13.5. The third kappa shape index (κ3) is 53.7. The minimum atomic E-state index is 0.568. The fourth-order valence-corrected chi connectivity index (χ4v) is 6.93. The average Bonchev–Trinajstić information content (AvgIpc) is 3.20. The van der Waals surface area contributed by atoms with Gasteiger partial charge in [-0.3, -0.25) is 0 Å². The van der Waals surface area contributed by atoms with Crippen LogP contribution in [0.3, 0.4) is 0 Å². The van der Waals surface area contributed by atoms with Gasteiger partial charge in [0.25, 0.3) is 0 Å². The first-order chi connectivity index (χ1) is 27.4. The van der Waals surface area contributed by atoms with Crippen LogP contribution in [0.4, 0.5) is 0 Å². The predicted molar refractivity (Wildman–Crippen MR) is 235 cm³/mol. The summed E-state index contributed by atoms with van der Waals surface area (Å²) in [5.41, 5.74) is 0. The highest BCUT2D eigenvalue weighted by Crippen LogP contribution is 2.15. The molecule has 7 heteroatoms. The molecule has 0 radical (unpaired) electrons. The maximum Gasteiger partial charge on any atom is 0.0701 e. The molecule has 55 heavy (non-hydrogen) atoms. The van der Waals surface area contributed by atoms with Crippen LogP contribution in [0.2, 0.25) is 0 Å². The molecule has 0 bridgehead atoms. The standard InChI is InChI=1S/C48H98O7/c1-3-5-7-9-11-13-15-17-19-21-23-25-27-29-31-33-35-49-37-39-51-41-43-53-45-47-55-48-46-54-44-42-52-40-38-50-36-34-32-30-28-26-24-22-20-18-16-14-12-10-8-6-4-2/h3-48H2,1-2H3. The lowest BCUT2D eigenvalue weighted by molar-refractivity contribution is -0.0206. The monoisotopic (exact) mass is 787 g/mol. The van der Waals surface area contributed by atoms with Gasteiger partial charge in [-0.05, 0) is 12.8 Å². The van der Waals surface area contributed by atoms with Crippen LogP contribution in [0.15, 0.2) is 0 Å². The SMILES string of the molecule is CCCCCCCCCCCCCCCCCCOCCOCCOCCOCCOCCOCCOCCCCCCCCCCCCCCCCCC. The van der Waals surface area contributed by atoms with Crippen molar-refractivity contribution < 1.29 is 33.2 Å². The molecular formula is C48H98O7. The lowest BCUT2D eigenvalue weighted by Crippen LogP contribution is -2.14. The summed E-state index contributed by atoms with van der Waals surface area (Å²) in [7, 11) is 0. The van der Waals surface area contributed by atoms with Crippen molar-refractivity contribution in [2.75, 3.05) is 92.5 Å². The van der Waals surface area contributed by atoms with E-state index in [4.69, 9.17) is 33.2 Å². The van der Waals surface area contributed by atoms with Gasteiger partial charge in [0.15, 0.2) is 0 Å². The Labute approximate surface area is 344 Å². The molecule has 0 aliphatic rings. The molecule has 0 heterocycles. The second-order valence-corrected chi connectivity index (χ2v) is 15.9. The second kappa shape index (κ2) is 53.7. The van der Waals surface area contributed by atoms with E-state index >= 15 is 0 Å². The summed E-state index contributed by atoms with van der Waals surface area (Å²) in [6, 6.07) is 0. The van der Waals surface area contributed by atoms with Crippen molar-refractivity contribution in [1.29, 1.82) is 0 Å². The predicted octanol–water partition coefficient (Wildman–Crippen LogP) is 13.6. The third-order valence-corrected chi connectivity index (χ3v) is 10.5. The van der Waals surface area contributed by atoms with E-state index in [2.05, 4.69) is 13.8 Å². The molecule has 0 spiro atoms. The van der Waals surface area contributed by atoms with Crippen molar-refractivity contribution in [1.82, 2.24) is 0 Å². The number of rotatable bonds is 52. The lowest BCUT2D eigenvalue weighted by Gasteiger charge is -2.08. The highest BCUT2D eigenvalue weighted by molar-refractivity contribution is 4.52. The quantitative estimate of drug-likeness (QED) is 0.0569. The first-order valence-electron chi connectivity index (χ1n) is 24.5.